The molecule has 24 heavy (non-hydrogen) atoms. The van der Waals surface area contributed by atoms with E-state index in [0.29, 0.717) is 18.4 Å². The predicted octanol–water partition coefficient (Wildman–Crippen LogP) is 3.51. The van der Waals surface area contributed by atoms with E-state index in [2.05, 4.69) is 47.9 Å². The molecule has 2 N–H and O–H groups in total. The highest BCUT2D eigenvalue weighted by atomic mass is 16.5. The first-order valence-electron chi connectivity index (χ1n) is 8.40. The highest BCUT2D eigenvalue weighted by molar-refractivity contribution is 5.87. The first-order chi connectivity index (χ1) is 11.5. The smallest absolute Gasteiger partial charge is 0.292 e. The van der Waals surface area contributed by atoms with Crippen molar-refractivity contribution in [2.75, 3.05) is 20.8 Å². The largest absolute Gasteiger partial charge is 0.496 e. The molecule has 2 heterocycles. The number of H-pyrrole nitrogens is 1. The van der Waals surface area contributed by atoms with Crippen LogP contribution >= 0.6 is 0 Å². The third-order valence-corrected chi connectivity index (χ3v) is 4.37. The topological polar surface area (TPSA) is 63.4 Å². The van der Waals surface area contributed by atoms with Gasteiger partial charge in [0.05, 0.1) is 14.2 Å². The molecular formula is C19H28N2O3. The van der Waals surface area contributed by atoms with Crippen molar-refractivity contribution < 1.29 is 14.3 Å². The van der Waals surface area contributed by atoms with Gasteiger partial charge >= 0.3 is 0 Å². The van der Waals surface area contributed by atoms with Crippen LogP contribution in [0.5, 0.6) is 5.75 Å². The van der Waals surface area contributed by atoms with Gasteiger partial charge in [0.1, 0.15) is 5.75 Å². The number of carbonyl (C=O) groups excluding carboxylic acids is 1. The van der Waals surface area contributed by atoms with Gasteiger partial charge in [-0.25, -0.2) is 0 Å². The fourth-order valence-corrected chi connectivity index (χ4v) is 3.34. The Hall–Kier alpha value is -2.01. The average molecular weight is 332 g/mol. The second-order valence-corrected chi connectivity index (χ2v) is 6.60. The molecule has 0 saturated heterocycles. The van der Waals surface area contributed by atoms with Crippen LogP contribution in [0.15, 0.2) is 12.1 Å². The number of carbonyl (C=O) groups is 1. The Bertz CT molecular complexity index is 691. The quantitative estimate of drug-likeness (QED) is 0.841. The molecule has 1 aromatic heterocycles. The minimum Gasteiger partial charge on any atom is -0.496 e. The van der Waals surface area contributed by atoms with Crippen molar-refractivity contribution in [1.82, 2.24) is 10.3 Å². The van der Waals surface area contributed by atoms with E-state index in [1.807, 2.05) is 0 Å². The van der Waals surface area contributed by atoms with Gasteiger partial charge in [-0.15, -0.1) is 0 Å². The lowest BCUT2D eigenvalue weighted by atomic mass is 9.93. The second-order valence-electron chi connectivity index (χ2n) is 6.60. The van der Waals surface area contributed by atoms with E-state index in [-0.39, 0.29) is 0 Å². The number of rotatable bonds is 4. The maximum atomic E-state index is 8.95. The van der Waals surface area contributed by atoms with E-state index in [1.54, 1.807) is 7.11 Å². The molecule has 0 radical (unpaired) electrons. The molecule has 0 amide bonds. The van der Waals surface area contributed by atoms with Gasteiger partial charge < -0.3 is 19.8 Å². The van der Waals surface area contributed by atoms with Crippen LogP contribution in [0.3, 0.4) is 0 Å². The number of fused-ring (bicyclic) bond motifs is 3. The van der Waals surface area contributed by atoms with Crippen LogP contribution in [0.1, 0.15) is 43.1 Å². The van der Waals surface area contributed by atoms with Gasteiger partial charge in [0.15, 0.2) is 0 Å². The fraction of sp³-hybridized carbons (Fsp3) is 0.526. The lowest BCUT2D eigenvalue weighted by Gasteiger charge is -2.25. The first kappa shape index (κ1) is 18.3. The molecule has 1 aliphatic heterocycles. The van der Waals surface area contributed by atoms with Gasteiger partial charge in [0.2, 0.25) is 0 Å². The molecule has 0 bridgehead atoms. The average Bonchev–Trinajstić information content (AvgIpc) is 2.92. The normalized spacial score (nSPS) is 16.3. The molecule has 0 fully saturated rings. The maximum absolute atomic E-state index is 8.95. The SMILES string of the molecule is COC=O.COc1cc2[nH]c3c(c2cc1C)CCNC3CC(C)C. The van der Waals surface area contributed by atoms with E-state index >= 15 is 0 Å². The third kappa shape index (κ3) is 3.90. The molecule has 2 aromatic rings. The number of ether oxygens (including phenoxy) is 2. The summed E-state index contributed by atoms with van der Waals surface area (Å²) in [5.74, 6) is 1.66. The van der Waals surface area contributed by atoms with Crippen molar-refractivity contribution in [3.05, 3.63) is 29.0 Å². The molecule has 0 spiro atoms. The number of methoxy groups -OCH3 is 2. The molecule has 5 nitrogen and oxygen atoms in total. The van der Waals surface area contributed by atoms with Crippen molar-refractivity contribution >= 4 is 17.4 Å². The highest BCUT2D eigenvalue weighted by Gasteiger charge is 2.24. The summed E-state index contributed by atoms with van der Waals surface area (Å²) in [6.45, 7) is 8.13. The van der Waals surface area contributed by atoms with Gasteiger partial charge in [-0.2, -0.15) is 0 Å². The second kappa shape index (κ2) is 8.20. The molecule has 1 aliphatic rings. The van der Waals surface area contributed by atoms with Crippen LogP contribution < -0.4 is 10.1 Å². The van der Waals surface area contributed by atoms with Crippen molar-refractivity contribution in [3.63, 3.8) is 0 Å². The number of hydrogen-bond acceptors (Lipinski definition) is 4. The van der Waals surface area contributed by atoms with E-state index in [1.165, 1.54) is 41.3 Å². The molecule has 5 heteroatoms. The van der Waals surface area contributed by atoms with Crippen LogP contribution in [0.4, 0.5) is 0 Å². The fourth-order valence-electron chi connectivity index (χ4n) is 3.34. The van der Waals surface area contributed by atoms with Gasteiger partial charge in [-0.1, -0.05) is 13.8 Å². The summed E-state index contributed by atoms with van der Waals surface area (Å²) in [5.41, 5.74) is 5.29. The summed E-state index contributed by atoms with van der Waals surface area (Å²) >= 11 is 0. The number of hydrogen-bond donors (Lipinski definition) is 2. The number of aryl methyl sites for hydroxylation is 1. The van der Waals surface area contributed by atoms with Gasteiger partial charge in [0, 0.05) is 28.7 Å². The van der Waals surface area contributed by atoms with Gasteiger partial charge in [-0.05, 0) is 49.4 Å². The Morgan fingerprint density at radius 2 is 2.04 bits per heavy atom. The van der Waals surface area contributed by atoms with E-state index in [9.17, 15) is 0 Å². The zero-order chi connectivity index (χ0) is 17.7. The van der Waals surface area contributed by atoms with Crippen molar-refractivity contribution in [2.24, 2.45) is 5.92 Å². The Morgan fingerprint density at radius 3 is 2.62 bits per heavy atom. The number of aromatic nitrogens is 1. The molecule has 1 unspecified atom stereocenters. The van der Waals surface area contributed by atoms with E-state index < -0.39 is 0 Å². The van der Waals surface area contributed by atoms with Gasteiger partial charge in [-0.3, -0.25) is 4.79 Å². The van der Waals surface area contributed by atoms with Crippen molar-refractivity contribution in [1.29, 1.82) is 0 Å². The first-order valence-corrected chi connectivity index (χ1v) is 8.40. The zero-order valence-electron chi connectivity index (χ0n) is 15.2. The van der Waals surface area contributed by atoms with Crippen LogP contribution in [-0.4, -0.2) is 32.2 Å². The third-order valence-electron chi connectivity index (χ3n) is 4.37. The standard InChI is InChI=1S/C17H24N2O.C2H4O2/c1-10(2)7-15-17-12(5-6-18-15)13-8-11(3)16(20-4)9-14(13)19-17;1-4-2-3/h8-10,15,18-19H,5-7H2,1-4H3;2H,1H3. The van der Waals surface area contributed by atoms with E-state index in [0.717, 1.165) is 18.7 Å². The van der Waals surface area contributed by atoms with Crippen LogP contribution in [0.2, 0.25) is 0 Å². The number of nitrogens with one attached hydrogen (secondary N) is 2. The summed E-state index contributed by atoms with van der Waals surface area (Å²) in [6.07, 6.45) is 2.28. The van der Waals surface area contributed by atoms with Crippen LogP contribution in [0, 0.1) is 12.8 Å². The monoisotopic (exact) mass is 332 g/mol. The Morgan fingerprint density at radius 1 is 1.33 bits per heavy atom. The molecule has 0 saturated carbocycles. The summed E-state index contributed by atoms with van der Waals surface area (Å²) in [6, 6.07) is 4.86. The molecule has 1 atom stereocenters. The Kier molecular flexibility index (Phi) is 6.26. The minimum absolute atomic E-state index is 0.375. The number of aromatic amines is 1. The van der Waals surface area contributed by atoms with E-state index in [4.69, 9.17) is 9.53 Å². The summed E-state index contributed by atoms with van der Waals surface area (Å²) in [7, 11) is 3.05. The lowest BCUT2D eigenvalue weighted by Crippen LogP contribution is -2.30. The zero-order valence-corrected chi connectivity index (χ0v) is 15.2. The maximum Gasteiger partial charge on any atom is 0.292 e. The molecule has 3 rings (SSSR count). The van der Waals surface area contributed by atoms with Crippen LogP contribution in [-0.2, 0) is 16.0 Å². The van der Waals surface area contributed by atoms with Crippen LogP contribution in [0.25, 0.3) is 10.9 Å². The molecule has 1 aromatic carbocycles. The minimum atomic E-state index is 0.375. The highest BCUT2D eigenvalue weighted by Crippen LogP contribution is 2.35. The summed E-state index contributed by atoms with van der Waals surface area (Å²) in [5, 5.41) is 5.02. The Labute approximate surface area is 143 Å². The predicted molar refractivity (Wildman–Crippen MR) is 96.6 cm³/mol. The molecule has 0 aliphatic carbocycles. The van der Waals surface area contributed by atoms with Crippen molar-refractivity contribution in [2.45, 2.75) is 39.7 Å². The van der Waals surface area contributed by atoms with Crippen molar-refractivity contribution in [3.8, 4) is 5.75 Å². The molecular weight excluding hydrogens is 304 g/mol. The lowest BCUT2D eigenvalue weighted by molar-refractivity contribution is -0.126. The Balaban J connectivity index is 0.000000471. The summed E-state index contributed by atoms with van der Waals surface area (Å²) < 4.78 is 9.30. The number of benzene rings is 1. The summed E-state index contributed by atoms with van der Waals surface area (Å²) in [4.78, 5) is 12.6. The molecule has 132 valence electrons. The van der Waals surface area contributed by atoms with Gasteiger partial charge in [0.25, 0.3) is 6.47 Å².